The Morgan fingerprint density at radius 2 is 1.85 bits per heavy atom. The quantitative estimate of drug-likeness (QED) is 0.417. The number of carbonyl (C=O) groups is 1. The summed E-state index contributed by atoms with van der Waals surface area (Å²) in [7, 11) is -3.80. The number of hydrogen-bond acceptors (Lipinski definition) is 6. The zero-order chi connectivity index (χ0) is 24.5. The highest BCUT2D eigenvalue weighted by molar-refractivity contribution is 7.89. The molecule has 1 saturated carbocycles. The average Bonchev–Trinajstić information content (AvgIpc) is 3.65. The van der Waals surface area contributed by atoms with E-state index in [0.29, 0.717) is 18.8 Å². The van der Waals surface area contributed by atoms with Crippen LogP contribution in [0.15, 0.2) is 47.4 Å². The van der Waals surface area contributed by atoms with E-state index in [-0.39, 0.29) is 40.1 Å². The van der Waals surface area contributed by atoms with E-state index in [1.807, 2.05) is 26.0 Å². The second-order valence-electron chi connectivity index (χ2n) is 9.30. The number of nitro benzene ring substituents is 1. The molecule has 2 atom stereocenters. The van der Waals surface area contributed by atoms with Crippen molar-refractivity contribution in [3.05, 3.63) is 58.1 Å². The summed E-state index contributed by atoms with van der Waals surface area (Å²) in [5, 5.41) is 17.8. The molecule has 9 nitrogen and oxygen atoms in total. The van der Waals surface area contributed by atoms with E-state index in [1.54, 1.807) is 12.1 Å². The van der Waals surface area contributed by atoms with Crippen LogP contribution in [-0.2, 0) is 14.8 Å². The topological polar surface area (TPSA) is 122 Å². The van der Waals surface area contributed by atoms with Gasteiger partial charge < -0.3 is 10.6 Å². The molecule has 2 aliphatic rings. The second kappa shape index (κ2) is 9.71. The van der Waals surface area contributed by atoms with Gasteiger partial charge in [-0.05, 0) is 68.4 Å². The highest BCUT2D eigenvalue weighted by atomic mass is 32.2. The number of carbonyl (C=O) groups excluding carboxylic acids is 1. The number of anilines is 2. The lowest BCUT2D eigenvalue weighted by Gasteiger charge is -2.30. The summed E-state index contributed by atoms with van der Waals surface area (Å²) < 4.78 is 27.6. The van der Waals surface area contributed by atoms with Crippen molar-refractivity contribution >= 4 is 33.0 Å². The third-order valence-electron chi connectivity index (χ3n) is 6.42. The Bertz CT molecular complexity index is 1180. The molecule has 4 rings (SSSR count). The molecule has 1 aliphatic carbocycles. The summed E-state index contributed by atoms with van der Waals surface area (Å²) in [6.45, 7) is 4.71. The molecule has 0 radical (unpaired) electrons. The van der Waals surface area contributed by atoms with Crippen LogP contribution in [0.2, 0.25) is 0 Å². The predicted octanol–water partition coefficient (Wildman–Crippen LogP) is 4.54. The molecule has 0 aromatic heterocycles. The van der Waals surface area contributed by atoms with E-state index in [2.05, 4.69) is 10.6 Å². The molecule has 182 valence electrons. The number of amides is 1. The number of nitrogens with zero attached hydrogens (tertiary/aromatic N) is 2. The fourth-order valence-corrected chi connectivity index (χ4v) is 5.84. The van der Waals surface area contributed by atoms with Gasteiger partial charge in [0.2, 0.25) is 15.9 Å². The summed E-state index contributed by atoms with van der Waals surface area (Å²) in [5.74, 6) is 0.406. The molecule has 10 heteroatoms. The van der Waals surface area contributed by atoms with Crippen molar-refractivity contribution in [2.24, 2.45) is 11.8 Å². The Labute approximate surface area is 199 Å². The fraction of sp³-hybridized carbons (Fsp3) is 0.458. The van der Waals surface area contributed by atoms with E-state index < -0.39 is 14.9 Å². The van der Waals surface area contributed by atoms with Crippen molar-refractivity contribution in [3.63, 3.8) is 0 Å². The molecule has 2 aromatic rings. The van der Waals surface area contributed by atoms with Crippen LogP contribution in [0.5, 0.6) is 0 Å². The molecular weight excluding hydrogens is 456 g/mol. The van der Waals surface area contributed by atoms with E-state index in [1.165, 1.54) is 16.4 Å². The zero-order valence-electron chi connectivity index (χ0n) is 19.4. The van der Waals surface area contributed by atoms with E-state index in [9.17, 15) is 23.3 Å². The molecule has 1 heterocycles. The number of nitro groups is 1. The van der Waals surface area contributed by atoms with E-state index >= 15 is 0 Å². The standard InChI is InChI=1S/C24H30N4O5S/c1-16-4-3-13-27(15-16)34(32,33)21-11-12-22(23(14-21)28(30)31)25-17(2)18-7-9-20(10-8-18)26-24(29)19-5-6-19/h7-12,14,16-17,19,25H,3-6,13,15H2,1-2H3,(H,26,29). The van der Waals surface area contributed by atoms with Gasteiger partial charge in [0.05, 0.1) is 9.82 Å². The maximum atomic E-state index is 13.1. The summed E-state index contributed by atoms with van der Waals surface area (Å²) in [6, 6.07) is 11.0. The molecule has 1 saturated heterocycles. The van der Waals surface area contributed by atoms with Gasteiger partial charge in [0, 0.05) is 36.8 Å². The van der Waals surface area contributed by atoms with Crippen molar-refractivity contribution in [3.8, 4) is 0 Å². The SMILES string of the molecule is CC1CCCN(S(=O)(=O)c2ccc(NC(C)c3ccc(NC(=O)C4CC4)cc3)c([N+](=O)[O-])c2)C1. The lowest BCUT2D eigenvalue weighted by Crippen LogP contribution is -2.39. The number of rotatable bonds is 8. The Kier molecular flexibility index (Phi) is 6.90. The molecular formula is C24H30N4O5S. The maximum absolute atomic E-state index is 13.1. The van der Waals surface area contributed by atoms with Gasteiger partial charge in [-0.15, -0.1) is 0 Å². The summed E-state index contributed by atoms with van der Waals surface area (Å²) >= 11 is 0. The minimum atomic E-state index is -3.80. The predicted molar refractivity (Wildman–Crippen MR) is 130 cm³/mol. The van der Waals surface area contributed by atoms with Gasteiger partial charge in [0.1, 0.15) is 5.69 Å². The molecule has 34 heavy (non-hydrogen) atoms. The Hall–Kier alpha value is -2.98. The Balaban J connectivity index is 1.50. The molecule has 2 fully saturated rings. The lowest BCUT2D eigenvalue weighted by atomic mass is 10.0. The third kappa shape index (κ3) is 5.39. The number of hydrogen-bond donors (Lipinski definition) is 2. The first-order valence-electron chi connectivity index (χ1n) is 11.6. The lowest BCUT2D eigenvalue weighted by molar-refractivity contribution is -0.384. The minimum Gasteiger partial charge on any atom is -0.373 e. The molecule has 2 N–H and O–H groups in total. The van der Waals surface area contributed by atoms with Gasteiger partial charge in [0.25, 0.3) is 5.69 Å². The molecule has 0 spiro atoms. The zero-order valence-corrected chi connectivity index (χ0v) is 20.2. The Morgan fingerprint density at radius 3 is 2.47 bits per heavy atom. The van der Waals surface area contributed by atoms with Crippen LogP contribution in [0, 0.1) is 22.0 Å². The Morgan fingerprint density at radius 1 is 1.15 bits per heavy atom. The maximum Gasteiger partial charge on any atom is 0.293 e. The average molecular weight is 487 g/mol. The first kappa shape index (κ1) is 24.2. The monoisotopic (exact) mass is 486 g/mol. The second-order valence-corrected chi connectivity index (χ2v) is 11.2. The van der Waals surface area contributed by atoms with E-state index in [0.717, 1.165) is 37.3 Å². The van der Waals surface area contributed by atoms with Gasteiger partial charge in [-0.2, -0.15) is 4.31 Å². The summed E-state index contributed by atoms with van der Waals surface area (Å²) in [4.78, 5) is 23.1. The van der Waals surface area contributed by atoms with Crippen LogP contribution < -0.4 is 10.6 Å². The summed E-state index contributed by atoms with van der Waals surface area (Å²) in [6.07, 6.45) is 3.62. The van der Waals surface area contributed by atoms with Crippen LogP contribution in [0.3, 0.4) is 0 Å². The van der Waals surface area contributed by atoms with Crippen LogP contribution in [0.1, 0.15) is 51.1 Å². The number of piperidine rings is 1. The number of benzene rings is 2. The van der Waals surface area contributed by atoms with Gasteiger partial charge >= 0.3 is 0 Å². The third-order valence-corrected chi connectivity index (χ3v) is 8.28. The first-order chi connectivity index (χ1) is 16.1. The van der Waals surface area contributed by atoms with Crippen molar-refractivity contribution in [2.75, 3.05) is 23.7 Å². The smallest absolute Gasteiger partial charge is 0.293 e. The normalized spacial score (nSPS) is 19.9. The van der Waals surface area contributed by atoms with Crippen LogP contribution >= 0.6 is 0 Å². The largest absolute Gasteiger partial charge is 0.373 e. The fourth-order valence-electron chi connectivity index (χ4n) is 4.22. The van der Waals surface area contributed by atoms with Crippen molar-refractivity contribution in [1.82, 2.24) is 4.31 Å². The van der Waals surface area contributed by atoms with Crippen molar-refractivity contribution < 1.29 is 18.1 Å². The highest BCUT2D eigenvalue weighted by Crippen LogP contribution is 2.33. The van der Waals surface area contributed by atoms with Crippen LogP contribution in [-0.4, -0.2) is 36.6 Å². The highest BCUT2D eigenvalue weighted by Gasteiger charge is 2.31. The minimum absolute atomic E-state index is 0.0311. The first-order valence-corrected chi connectivity index (χ1v) is 13.0. The summed E-state index contributed by atoms with van der Waals surface area (Å²) in [5.41, 5.74) is 1.54. The molecule has 2 aromatic carbocycles. The van der Waals surface area contributed by atoms with Gasteiger partial charge in [0.15, 0.2) is 0 Å². The molecule has 2 unspecified atom stereocenters. The van der Waals surface area contributed by atoms with Crippen molar-refractivity contribution in [2.45, 2.75) is 50.5 Å². The number of sulfonamides is 1. The molecule has 1 amide bonds. The van der Waals surface area contributed by atoms with Crippen molar-refractivity contribution in [1.29, 1.82) is 0 Å². The number of nitrogens with one attached hydrogen (secondary N) is 2. The van der Waals surface area contributed by atoms with Gasteiger partial charge in [-0.25, -0.2) is 8.42 Å². The molecule has 0 bridgehead atoms. The van der Waals surface area contributed by atoms with Crippen LogP contribution in [0.4, 0.5) is 17.1 Å². The van der Waals surface area contributed by atoms with Crippen LogP contribution in [0.25, 0.3) is 0 Å². The van der Waals surface area contributed by atoms with E-state index in [4.69, 9.17) is 0 Å². The van der Waals surface area contributed by atoms with Gasteiger partial charge in [-0.1, -0.05) is 19.1 Å². The molecule has 1 aliphatic heterocycles. The van der Waals surface area contributed by atoms with Gasteiger partial charge in [-0.3, -0.25) is 14.9 Å².